The Balaban J connectivity index is 2.20. The second-order valence-electron chi connectivity index (χ2n) is 5.49. The fraction of sp³-hybridized carbons (Fsp3) is 0.190. The van der Waals surface area contributed by atoms with Gasteiger partial charge in [0, 0.05) is 35.9 Å². The van der Waals surface area contributed by atoms with E-state index in [0.29, 0.717) is 0 Å². The minimum absolute atomic E-state index is 0.978. The van der Waals surface area contributed by atoms with E-state index in [1.165, 1.54) is 22.2 Å². The van der Waals surface area contributed by atoms with Crippen LogP contribution in [0.1, 0.15) is 25.0 Å². The van der Waals surface area contributed by atoms with Gasteiger partial charge in [-0.2, -0.15) is 0 Å². The summed E-state index contributed by atoms with van der Waals surface area (Å²) in [4.78, 5) is 6.89. The molecule has 2 heteroatoms. The smallest absolute Gasteiger partial charge is 0.0708 e. The van der Waals surface area contributed by atoms with Gasteiger partial charge in [-0.1, -0.05) is 48.5 Å². The third-order valence-corrected chi connectivity index (χ3v) is 4.13. The lowest BCUT2D eigenvalue weighted by atomic mass is 10.0. The summed E-state index contributed by atoms with van der Waals surface area (Å²) in [5.41, 5.74) is 4.74. The number of pyridine rings is 1. The molecule has 2 aromatic carbocycles. The van der Waals surface area contributed by atoms with E-state index in [4.69, 9.17) is 0 Å². The molecule has 0 aliphatic heterocycles. The monoisotopic (exact) mass is 302 g/mol. The van der Waals surface area contributed by atoms with Gasteiger partial charge >= 0.3 is 0 Å². The molecule has 0 bridgehead atoms. The first-order chi connectivity index (χ1) is 11.3. The van der Waals surface area contributed by atoms with Crippen LogP contribution in [0.3, 0.4) is 0 Å². The Morgan fingerprint density at radius 1 is 0.913 bits per heavy atom. The van der Waals surface area contributed by atoms with Crippen LogP contribution in [0.15, 0.2) is 66.9 Å². The van der Waals surface area contributed by atoms with E-state index in [1.807, 2.05) is 12.3 Å². The number of benzene rings is 2. The van der Waals surface area contributed by atoms with E-state index in [0.717, 1.165) is 18.6 Å². The van der Waals surface area contributed by atoms with Crippen molar-refractivity contribution in [1.29, 1.82) is 0 Å². The number of hydrogen-bond donors (Lipinski definition) is 0. The lowest BCUT2D eigenvalue weighted by Gasteiger charge is -2.26. The molecule has 0 saturated heterocycles. The van der Waals surface area contributed by atoms with Crippen molar-refractivity contribution in [3.63, 3.8) is 0 Å². The molecule has 0 aliphatic carbocycles. The van der Waals surface area contributed by atoms with Gasteiger partial charge in [-0.3, -0.25) is 4.98 Å². The molecule has 3 aromatic rings. The molecule has 0 fully saturated rings. The molecule has 116 valence electrons. The van der Waals surface area contributed by atoms with E-state index in [9.17, 15) is 0 Å². The molecular weight excluding hydrogens is 280 g/mol. The second kappa shape index (κ2) is 7.10. The van der Waals surface area contributed by atoms with Crippen LogP contribution in [0.5, 0.6) is 0 Å². The highest BCUT2D eigenvalue weighted by Gasteiger charge is 2.12. The van der Waals surface area contributed by atoms with Gasteiger partial charge < -0.3 is 4.90 Å². The number of rotatable bonds is 5. The van der Waals surface area contributed by atoms with Crippen LogP contribution in [0, 0.1) is 0 Å². The molecule has 0 radical (unpaired) electrons. The van der Waals surface area contributed by atoms with Crippen molar-refractivity contribution in [3.05, 3.63) is 78.0 Å². The number of aromatic nitrogens is 1. The summed E-state index contributed by atoms with van der Waals surface area (Å²) in [7, 11) is 0. The van der Waals surface area contributed by atoms with E-state index in [2.05, 4.69) is 84.4 Å². The highest BCUT2D eigenvalue weighted by atomic mass is 15.1. The summed E-state index contributed by atoms with van der Waals surface area (Å²) >= 11 is 0. The lowest BCUT2D eigenvalue weighted by molar-refractivity contribution is 0.444. The normalized spacial score (nSPS) is 11.7. The topological polar surface area (TPSA) is 16.1 Å². The molecule has 3 rings (SSSR count). The summed E-state index contributed by atoms with van der Waals surface area (Å²) < 4.78 is 0. The molecule has 0 amide bonds. The summed E-state index contributed by atoms with van der Waals surface area (Å²) in [5, 5.41) is 1.20. The largest absolute Gasteiger partial charge is 0.372 e. The van der Waals surface area contributed by atoms with Crippen molar-refractivity contribution in [3.8, 4) is 0 Å². The summed E-state index contributed by atoms with van der Waals surface area (Å²) in [6.45, 7) is 6.36. The summed E-state index contributed by atoms with van der Waals surface area (Å²) in [6, 6.07) is 21.0. The van der Waals surface area contributed by atoms with Crippen LogP contribution in [0.25, 0.3) is 22.7 Å². The molecule has 23 heavy (non-hydrogen) atoms. The highest BCUT2D eigenvalue weighted by Crippen LogP contribution is 2.28. The van der Waals surface area contributed by atoms with E-state index >= 15 is 0 Å². The van der Waals surface area contributed by atoms with Gasteiger partial charge in [-0.25, -0.2) is 0 Å². The van der Waals surface area contributed by atoms with Gasteiger partial charge in [-0.15, -0.1) is 0 Å². The van der Waals surface area contributed by atoms with Crippen molar-refractivity contribution in [2.45, 2.75) is 13.8 Å². The van der Waals surface area contributed by atoms with Crippen LogP contribution in [-0.2, 0) is 0 Å². The molecule has 2 nitrogen and oxygen atoms in total. The number of fused-ring (bicyclic) bond motifs is 1. The number of hydrogen-bond acceptors (Lipinski definition) is 2. The molecule has 1 aromatic heterocycles. The van der Waals surface area contributed by atoms with E-state index < -0.39 is 0 Å². The molecule has 0 aliphatic rings. The van der Waals surface area contributed by atoms with E-state index in [-0.39, 0.29) is 0 Å². The van der Waals surface area contributed by atoms with Gasteiger partial charge in [0.2, 0.25) is 0 Å². The average Bonchev–Trinajstić information content (AvgIpc) is 2.62. The maximum Gasteiger partial charge on any atom is 0.0708 e. The van der Waals surface area contributed by atoms with E-state index in [1.54, 1.807) is 0 Å². The number of nitrogens with zero attached hydrogens (tertiary/aromatic N) is 2. The Hall–Kier alpha value is -2.61. The van der Waals surface area contributed by atoms with Crippen LogP contribution in [0.2, 0.25) is 0 Å². The fourth-order valence-corrected chi connectivity index (χ4v) is 2.93. The predicted octanol–water partition coefficient (Wildman–Crippen LogP) is 5.07. The van der Waals surface area contributed by atoms with Crippen molar-refractivity contribution in [2.75, 3.05) is 13.1 Å². The first kappa shape index (κ1) is 15.3. The molecule has 0 N–H and O–H groups in total. The molecule has 0 saturated carbocycles. The standard InChI is InChI=1S/C21H22N2/c1-3-23(4-2)21(16-17-10-6-5-7-11-17)19-14-15-22-20-13-9-8-12-18(19)20/h5-16H,3-4H2,1-2H3. The predicted molar refractivity (Wildman–Crippen MR) is 99.0 cm³/mol. The van der Waals surface area contributed by atoms with Crippen LogP contribution >= 0.6 is 0 Å². The van der Waals surface area contributed by atoms with Gasteiger partial charge in [-0.05, 0) is 37.6 Å². The molecule has 0 unspecified atom stereocenters. The highest BCUT2D eigenvalue weighted by molar-refractivity contribution is 5.95. The molecule has 0 spiro atoms. The molecular formula is C21H22N2. The van der Waals surface area contributed by atoms with Gasteiger partial charge in [0.05, 0.1) is 5.52 Å². The van der Waals surface area contributed by atoms with Crippen molar-refractivity contribution in [2.24, 2.45) is 0 Å². The van der Waals surface area contributed by atoms with Gasteiger partial charge in [0.15, 0.2) is 0 Å². The first-order valence-electron chi connectivity index (χ1n) is 8.19. The maximum atomic E-state index is 4.50. The maximum absolute atomic E-state index is 4.50. The van der Waals surface area contributed by atoms with Crippen molar-refractivity contribution >= 4 is 22.7 Å². The minimum Gasteiger partial charge on any atom is -0.372 e. The van der Waals surface area contributed by atoms with Crippen molar-refractivity contribution < 1.29 is 0 Å². The minimum atomic E-state index is 0.978. The molecule has 1 heterocycles. The zero-order chi connectivity index (χ0) is 16.1. The Labute approximate surface area is 138 Å². The molecule has 0 atom stereocenters. The van der Waals surface area contributed by atoms with Gasteiger partial charge in [0.25, 0.3) is 0 Å². The lowest BCUT2D eigenvalue weighted by Crippen LogP contribution is -2.21. The third kappa shape index (κ3) is 3.26. The third-order valence-electron chi connectivity index (χ3n) is 4.13. The Morgan fingerprint density at radius 3 is 2.35 bits per heavy atom. The average molecular weight is 302 g/mol. The quantitative estimate of drug-likeness (QED) is 0.654. The second-order valence-corrected chi connectivity index (χ2v) is 5.49. The Morgan fingerprint density at radius 2 is 1.61 bits per heavy atom. The summed E-state index contributed by atoms with van der Waals surface area (Å²) in [5.74, 6) is 0. The Kier molecular flexibility index (Phi) is 4.72. The fourth-order valence-electron chi connectivity index (χ4n) is 2.93. The van der Waals surface area contributed by atoms with Crippen LogP contribution in [-0.4, -0.2) is 23.0 Å². The van der Waals surface area contributed by atoms with Crippen LogP contribution in [0.4, 0.5) is 0 Å². The van der Waals surface area contributed by atoms with Gasteiger partial charge in [0.1, 0.15) is 0 Å². The first-order valence-corrected chi connectivity index (χ1v) is 8.19. The summed E-state index contributed by atoms with van der Waals surface area (Å²) in [6.07, 6.45) is 4.18. The van der Waals surface area contributed by atoms with Crippen LogP contribution < -0.4 is 0 Å². The van der Waals surface area contributed by atoms with Crippen molar-refractivity contribution in [1.82, 2.24) is 9.88 Å². The SMILES string of the molecule is CCN(CC)C(=Cc1ccccc1)c1ccnc2ccccc12. The zero-order valence-corrected chi connectivity index (χ0v) is 13.7. The number of para-hydroxylation sites is 1. The zero-order valence-electron chi connectivity index (χ0n) is 13.7. The Bertz CT molecular complexity index is 797.